The van der Waals surface area contributed by atoms with Crippen molar-refractivity contribution in [2.75, 3.05) is 31.1 Å². The van der Waals surface area contributed by atoms with Gasteiger partial charge in [-0.3, -0.25) is 19.1 Å². The molecule has 3 rings (SSSR count). The number of aromatic amines is 1. The van der Waals surface area contributed by atoms with Crippen molar-refractivity contribution in [1.29, 1.82) is 0 Å². The highest BCUT2D eigenvalue weighted by Crippen LogP contribution is 2.22. The molecule has 0 aliphatic carbocycles. The fourth-order valence-corrected chi connectivity index (χ4v) is 3.59. The standard InChI is InChI=1S/C19H28N6O5/c1-12(2)6-7-25-15-16(22(3)19(30)21-17(15)29)20-18(25)24-10-8-23(9-11-24)13(26)4-5-14(27)28/h12H,4-11H2,1-3H3,(H,27,28)(H,21,29,30)/p-1. The van der Waals surface area contributed by atoms with Gasteiger partial charge in [0.25, 0.3) is 5.56 Å². The first-order valence-corrected chi connectivity index (χ1v) is 10.1. The minimum atomic E-state index is -1.24. The van der Waals surface area contributed by atoms with Crippen LogP contribution in [0.3, 0.4) is 0 Å². The van der Waals surface area contributed by atoms with E-state index < -0.39 is 17.2 Å². The molecule has 1 fully saturated rings. The van der Waals surface area contributed by atoms with Crippen molar-refractivity contribution in [3.8, 4) is 0 Å². The number of amides is 1. The minimum absolute atomic E-state index is 0.0767. The molecular weight excluding hydrogens is 392 g/mol. The van der Waals surface area contributed by atoms with Crippen LogP contribution >= 0.6 is 0 Å². The number of piperazine rings is 1. The molecule has 0 unspecified atom stereocenters. The molecule has 11 nitrogen and oxygen atoms in total. The molecule has 1 saturated heterocycles. The molecule has 0 aromatic carbocycles. The van der Waals surface area contributed by atoms with Crippen LogP contribution < -0.4 is 21.3 Å². The van der Waals surface area contributed by atoms with Gasteiger partial charge in [0.1, 0.15) is 0 Å². The number of carboxylic acid groups (broad SMARTS) is 1. The molecule has 164 valence electrons. The van der Waals surface area contributed by atoms with E-state index in [1.807, 2.05) is 9.47 Å². The molecule has 0 radical (unpaired) electrons. The van der Waals surface area contributed by atoms with E-state index in [-0.39, 0.29) is 18.7 Å². The molecule has 1 amide bonds. The van der Waals surface area contributed by atoms with Gasteiger partial charge in [-0.15, -0.1) is 0 Å². The van der Waals surface area contributed by atoms with Crippen LogP contribution in [0.25, 0.3) is 11.2 Å². The van der Waals surface area contributed by atoms with Crippen molar-refractivity contribution in [3.05, 3.63) is 20.8 Å². The van der Waals surface area contributed by atoms with Gasteiger partial charge >= 0.3 is 5.69 Å². The molecule has 1 N–H and O–H groups in total. The summed E-state index contributed by atoms with van der Waals surface area (Å²) in [5.74, 6) is -0.443. The fraction of sp³-hybridized carbons (Fsp3) is 0.632. The number of rotatable bonds is 7. The van der Waals surface area contributed by atoms with E-state index in [2.05, 4.69) is 23.8 Å². The predicted octanol–water partition coefficient (Wildman–Crippen LogP) is -1.35. The van der Waals surface area contributed by atoms with E-state index in [1.54, 1.807) is 11.9 Å². The Kier molecular flexibility index (Phi) is 6.28. The highest BCUT2D eigenvalue weighted by molar-refractivity contribution is 5.80. The largest absolute Gasteiger partial charge is 0.550 e. The van der Waals surface area contributed by atoms with Gasteiger partial charge in [0.2, 0.25) is 11.9 Å². The SMILES string of the molecule is CC(C)CCn1c(N2CCN(C(=O)CCC(=O)[O-])CC2)nc2c1c(=O)[nH]c(=O)n2C. The van der Waals surface area contributed by atoms with Crippen molar-refractivity contribution < 1.29 is 14.7 Å². The van der Waals surface area contributed by atoms with Gasteiger partial charge in [-0.2, -0.15) is 4.98 Å². The zero-order valence-corrected chi connectivity index (χ0v) is 17.5. The average molecular weight is 419 g/mol. The lowest BCUT2D eigenvalue weighted by molar-refractivity contribution is -0.305. The van der Waals surface area contributed by atoms with Crippen molar-refractivity contribution in [3.63, 3.8) is 0 Å². The summed E-state index contributed by atoms with van der Waals surface area (Å²) in [5, 5.41) is 10.6. The molecule has 0 bridgehead atoms. The monoisotopic (exact) mass is 419 g/mol. The number of aromatic nitrogens is 4. The Bertz CT molecular complexity index is 1060. The van der Waals surface area contributed by atoms with E-state index >= 15 is 0 Å². The Labute approximate surface area is 172 Å². The van der Waals surface area contributed by atoms with Gasteiger partial charge in [0, 0.05) is 52.2 Å². The van der Waals surface area contributed by atoms with Gasteiger partial charge < -0.3 is 24.3 Å². The maximum Gasteiger partial charge on any atom is 0.329 e. The van der Waals surface area contributed by atoms with Crippen molar-refractivity contribution >= 4 is 29.0 Å². The topological polar surface area (TPSA) is 136 Å². The number of aliphatic carboxylic acids is 1. The van der Waals surface area contributed by atoms with Gasteiger partial charge in [0.05, 0.1) is 0 Å². The van der Waals surface area contributed by atoms with Crippen LogP contribution in [0.1, 0.15) is 33.1 Å². The Balaban J connectivity index is 1.88. The van der Waals surface area contributed by atoms with Crippen LogP contribution in [0.2, 0.25) is 0 Å². The number of carbonyl (C=O) groups is 2. The maximum atomic E-state index is 12.5. The molecule has 0 spiro atoms. The summed E-state index contributed by atoms with van der Waals surface area (Å²) < 4.78 is 3.17. The first-order chi connectivity index (χ1) is 14.2. The zero-order valence-electron chi connectivity index (χ0n) is 17.5. The van der Waals surface area contributed by atoms with Gasteiger partial charge in [-0.1, -0.05) is 13.8 Å². The third-order valence-corrected chi connectivity index (χ3v) is 5.38. The number of nitrogens with zero attached hydrogens (tertiary/aromatic N) is 5. The van der Waals surface area contributed by atoms with Crippen LogP contribution in [0.4, 0.5) is 5.95 Å². The second-order valence-corrected chi connectivity index (χ2v) is 7.98. The number of carbonyl (C=O) groups excluding carboxylic acids is 2. The van der Waals surface area contributed by atoms with Crippen LogP contribution in [-0.4, -0.2) is 62.1 Å². The minimum Gasteiger partial charge on any atom is -0.550 e. The summed E-state index contributed by atoms with van der Waals surface area (Å²) in [6, 6.07) is 0. The van der Waals surface area contributed by atoms with Crippen molar-refractivity contribution in [2.24, 2.45) is 13.0 Å². The molecular formula is C19H27N6O5-. The molecule has 2 aromatic rings. The molecule has 1 aliphatic rings. The number of hydrogen-bond acceptors (Lipinski definition) is 7. The second kappa shape index (κ2) is 8.72. The number of fused-ring (bicyclic) bond motifs is 1. The number of hydrogen-bond donors (Lipinski definition) is 1. The number of nitrogens with one attached hydrogen (secondary N) is 1. The molecule has 30 heavy (non-hydrogen) atoms. The molecule has 11 heteroatoms. The molecule has 0 saturated carbocycles. The third-order valence-electron chi connectivity index (χ3n) is 5.38. The number of imidazole rings is 1. The number of carboxylic acids is 1. The maximum absolute atomic E-state index is 12.5. The van der Waals surface area contributed by atoms with Crippen molar-refractivity contribution in [1.82, 2.24) is 24.0 Å². The third kappa shape index (κ3) is 4.39. The van der Waals surface area contributed by atoms with E-state index in [0.29, 0.717) is 55.8 Å². The lowest BCUT2D eigenvalue weighted by Gasteiger charge is -2.35. The average Bonchev–Trinajstić information content (AvgIpc) is 3.09. The van der Waals surface area contributed by atoms with Crippen LogP contribution in [0, 0.1) is 5.92 Å². The van der Waals surface area contributed by atoms with Crippen molar-refractivity contribution in [2.45, 2.75) is 39.7 Å². The van der Waals surface area contributed by atoms with Gasteiger partial charge in [0.15, 0.2) is 11.2 Å². The Hall–Kier alpha value is -3.11. The molecule has 3 heterocycles. The van der Waals surface area contributed by atoms with Gasteiger partial charge in [-0.25, -0.2) is 4.79 Å². The smallest absolute Gasteiger partial charge is 0.329 e. The fourth-order valence-electron chi connectivity index (χ4n) is 3.59. The summed E-state index contributed by atoms with van der Waals surface area (Å²) in [6.45, 7) is 6.60. The lowest BCUT2D eigenvalue weighted by Crippen LogP contribution is -2.49. The summed E-state index contributed by atoms with van der Waals surface area (Å²) in [4.78, 5) is 57.8. The van der Waals surface area contributed by atoms with Crippen LogP contribution in [0.5, 0.6) is 0 Å². The molecule has 2 aromatic heterocycles. The highest BCUT2D eigenvalue weighted by Gasteiger charge is 2.26. The highest BCUT2D eigenvalue weighted by atomic mass is 16.4. The Morgan fingerprint density at radius 1 is 1.13 bits per heavy atom. The van der Waals surface area contributed by atoms with E-state index in [4.69, 9.17) is 0 Å². The van der Waals surface area contributed by atoms with Crippen LogP contribution in [-0.2, 0) is 23.2 Å². The molecule has 1 aliphatic heterocycles. The van der Waals surface area contributed by atoms with Crippen LogP contribution in [0.15, 0.2) is 9.59 Å². The van der Waals surface area contributed by atoms with Gasteiger partial charge in [-0.05, 0) is 18.8 Å². The van der Waals surface area contributed by atoms with E-state index in [9.17, 15) is 24.3 Å². The van der Waals surface area contributed by atoms with E-state index in [0.717, 1.165) is 6.42 Å². The number of H-pyrrole nitrogens is 1. The summed E-state index contributed by atoms with van der Waals surface area (Å²) in [5.41, 5.74) is -0.294. The quantitative estimate of drug-likeness (QED) is 0.586. The summed E-state index contributed by atoms with van der Waals surface area (Å²) >= 11 is 0. The molecule has 0 atom stereocenters. The van der Waals surface area contributed by atoms with E-state index in [1.165, 1.54) is 4.57 Å². The normalized spacial score (nSPS) is 14.7. The Morgan fingerprint density at radius 3 is 2.40 bits per heavy atom. The second-order valence-electron chi connectivity index (χ2n) is 7.98. The zero-order chi connectivity index (χ0) is 22.0. The predicted molar refractivity (Wildman–Crippen MR) is 108 cm³/mol. The summed E-state index contributed by atoms with van der Waals surface area (Å²) in [7, 11) is 1.57. The number of anilines is 1. The summed E-state index contributed by atoms with van der Waals surface area (Å²) in [6.07, 6.45) is 0.468. The number of aryl methyl sites for hydroxylation is 2. The Morgan fingerprint density at radius 2 is 1.80 bits per heavy atom. The lowest BCUT2D eigenvalue weighted by atomic mass is 10.1. The first-order valence-electron chi connectivity index (χ1n) is 10.1. The first kappa shape index (κ1) is 21.6.